The van der Waals surface area contributed by atoms with E-state index in [-0.39, 0.29) is 0 Å². The number of hydrogen-bond donors (Lipinski definition) is 0. The Morgan fingerprint density at radius 3 is 1.00 bits per heavy atom. The summed E-state index contributed by atoms with van der Waals surface area (Å²) >= 11 is 0. The molecule has 0 fully saturated rings. The van der Waals surface area contributed by atoms with Crippen molar-refractivity contribution < 1.29 is 0 Å². The Morgan fingerprint density at radius 2 is 0.750 bits per heavy atom. The Labute approximate surface area is 117 Å². The normalized spacial score (nSPS) is 16.2. The van der Waals surface area contributed by atoms with Crippen molar-refractivity contribution in [2.24, 2.45) is 0 Å². The van der Waals surface area contributed by atoms with Crippen LogP contribution in [0.3, 0.4) is 0 Å². The average Bonchev–Trinajstić information content (AvgIpc) is 2.36. The second-order valence-electron chi connectivity index (χ2n) is 6.37. The first-order valence-corrected chi connectivity index (χ1v) is 7.65. The van der Waals surface area contributed by atoms with Crippen molar-refractivity contribution in [3.63, 3.8) is 0 Å². The van der Waals surface area contributed by atoms with Crippen LogP contribution in [0.5, 0.6) is 0 Å². The minimum Gasteiger partial charge on any atom is -0.0610 e. The molecule has 0 aliphatic heterocycles. The molecule has 0 heteroatoms. The van der Waals surface area contributed by atoms with Gasteiger partial charge in [-0.15, -0.1) is 0 Å². The van der Waals surface area contributed by atoms with Gasteiger partial charge >= 0.3 is 0 Å². The summed E-state index contributed by atoms with van der Waals surface area (Å²) in [4.78, 5) is 0. The molecule has 0 amide bonds. The van der Waals surface area contributed by atoms with Crippen LogP contribution in [-0.2, 0) is 25.7 Å². The van der Waals surface area contributed by atoms with Gasteiger partial charge in [-0.3, -0.25) is 0 Å². The van der Waals surface area contributed by atoms with E-state index in [2.05, 4.69) is 36.4 Å². The summed E-state index contributed by atoms with van der Waals surface area (Å²) in [6, 6.07) is 13.9. The van der Waals surface area contributed by atoms with Crippen molar-refractivity contribution in [3.8, 4) is 0 Å². The maximum atomic E-state index is 2.34. The number of benzene rings is 4. The van der Waals surface area contributed by atoms with Gasteiger partial charge in [-0.2, -0.15) is 0 Å². The summed E-state index contributed by atoms with van der Waals surface area (Å²) < 4.78 is 0. The van der Waals surface area contributed by atoms with E-state index in [4.69, 9.17) is 0 Å². The van der Waals surface area contributed by atoms with Crippen LogP contribution < -0.4 is 0 Å². The molecule has 0 unspecified atom stereocenters. The van der Waals surface area contributed by atoms with Gasteiger partial charge in [-0.05, 0) is 80.3 Å². The van der Waals surface area contributed by atoms with E-state index in [1.165, 1.54) is 47.2 Å². The highest BCUT2D eigenvalue weighted by Crippen LogP contribution is 2.47. The lowest BCUT2D eigenvalue weighted by Gasteiger charge is -2.30. The first kappa shape index (κ1) is 9.77. The Morgan fingerprint density at radius 1 is 0.450 bits per heavy atom. The lowest BCUT2D eigenvalue weighted by atomic mass is 9.73. The topological polar surface area (TPSA) is 0 Å². The van der Waals surface area contributed by atoms with E-state index >= 15 is 0 Å². The van der Waals surface area contributed by atoms with Gasteiger partial charge in [0.25, 0.3) is 0 Å². The zero-order valence-corrected chi connectivity index (χ0v) is 11.3. The second kappa shape index (κ2) is 2.98. The monoisotopic (exact) mass is 254 g/mol. The van der Waals surface area contributed by atoms with Crippen molar-refractivity contribution in [1.29, 1.82) is 0 Å². The molecule has 0 heterocycles. The van der Waals surface area contributed by atoms with E-state index < -0.39 is 0 Å². The van der Waals surface area contributed by atoms with Crippen LogP contribution in [0.25, 0.3) is 32.3 Å². The first-order valence-electron chi connectivity index (χ1n) is 7.65. The zero-order valence-electron chi connectivity index (χ0n) is 11.3. The molecule has 2 aliphatic rings. The molecule has 20 heavy (non-hydrogen) atoms. The van der Waals surface area contributed by atoms with Gasteiger partial charge in [0.05, 0.1) is 0 Å². The van der Waals surface area contributed by atoms with Gasteiger partial charge in [0.2, 0.25) is 0 Å². The largest absolute Gasteiger partial charge is 0.0610 e. The quantitative estimate of drug-likeness (QED) is 0.396. The zero-order chi connectivity index (χ0) is 12.8. The molecular formula is C20H14. The van der Waals surface area contributed by atoms with E-state index in [1.54, 1.807) is 33.0 Å². The van der Waals surface area contributed by atoms with Gasteiger partial charge in [-0.25, -0.2) is 0 Å². The number of hydrogen-bond acceptors (Lipinski definition) is 0. The summed E-state index contributed by atoms with van der Waals surface area (Å²) in [6.07, 6.45) is 5.06. The van der Waals surface area contributed by atoms with Crippen LogP contribution in [0.2, 0.25) is 0 Å². The van der Waals surface area contributed by atoms with Crippen LogP contribution in [0.1, 0.15) is 22.3 Å². The van der Waals surface area contributed by atoms with Crippen LogP contribution in [-0.4, -0.2) is 0 Å². The highest BCUT2D eigenvalue weighted by atomic mass is 14.3. The molecule has 4 aromatic carbocycles. The van der Waals surface area contributed by atoms with Gasteiger partial charge in [0.1, 0.15) is 0 Å². The second-order valence-corrected chi connectivity index (χ2v) is 6.37. The molecule has 0 saturated heterocycles. The summed E-state index contributed by atoms with van der Waals surface area (Å²) in [7, 11) is 0. The third-order valence-corrected chi connectivity index (χ3v) is 5.66. The molecule has 94 valence electrons. The standard InChI is InChI=1S/C20H14/c1-3-15-11-7-9-13(11)17-5-2-6-18-14-10-8-12(14)16(4-1)19(15)20(17)18/h1-6H,7-10H2. The molecule has 0 atom stereocenters. The number of fused-ring (bicyclic) bond motifs is 6. The van der Waals surface area contributed by atoms with E-state index in [0.717, 1.165) is 0 Å². The Balaban J connectivity index is 2.10. The van der Waals surface area contributed by atoms with Crippen LogP contribution >= 0.6 is 0 Å². The third-order valence-electron chi connectivity index (χ3n) is 5.66. The van der Waals surface area contributed by atoms with E-state index in [9.17, 15) is 0 Å². The third kappa shape index (κ3) is 0.867. The predicted molar refractivity (Wildman–Crippen MR) is 85.0 cm³/mol. The summed E-state index contributed by atoms with van der Waals surface area (Å²) in [5, 5.41) is 9.22. The maximum absolute atomic E-state index is 2.34. The predicted octanol–water partition coefficient (Wildman–Crippen LogP) is 4.78. The minimum absolute atomic E-state index is 1.27. The summed E-state index contributed by atoms with van der Waals surface area (Å²) in [5.41, 5.74) is 6.48. The fourth-order valence-electron chi connectivity index (χ4n) is 4.59. The molecular weight excluding hydrogens is 240 g/mol. The molecule has 0 nitrogen and oxygen atoms in total. The molecule has 0 radical (unpaired) electrons. The van der Waals surface area contributed by atoms with Gasteiger partial charge in [0, 0.05) is 0 Å². The highest BCUT2D eigenvalue weighted by Gasteiger charge is 2.27. The average molecular weight is 254 g/mol. The maximum Gasteiger partial charge on any atom is -0.00209 e. The Bertz CT molecular complexity index is 875. The van der Waals surface area contributed by atoms with Crippen LogP contribution in [0.15, 0.2) is 36.4 Å². The lowest BCUT2D eigenvalue weighted by molar-refractivity contribution is 0.858. The van der Waals surface area contributed by atoms with Crippen LogP contribution in [0, 0.1) is 0 Å². The molecule has 0 saturated carbocycles. The van der Waals surface area contributed by atoms with Crippen molar-refractivity contribution in [3.05, 3.63) is 58.7 Å². The van der Waals surface area contributed by atoms with Crippen molar-refractivity contribution in [2.75, 3.05) is 0 Å². The number of rotatable bonds is 0. The summed E-state index contributed by atoms with van der Waals surface area (Å²) in [5.74, 6) is 0. The molecule has 0 spiro atoms. The Hall–Kier alpha value is -2.08. The SMILES string of the molecule is c1cc2c3c(c4cccc5c6c(c(c1)c2c45)CC6)CC3. The smallest absolute Gasteiger partial charge is 0.00209 e. The Kier molecular flexibility index (Phi) is 1.46. The van der Waals surface area contributed by atoms with Gasteiger partial charge in [0.15, 0.2) is 0 Å². The lowest BCUT2D eigenvalue weighted by Crippen LogP contribution is -2.14. The molecule has 0 aromatic heterocycles. The minimum atomic E-state index is 1.27. The fourth-order valence-corrected chi connectivity index (χ4v) is 4.59. The van der Waals surface area contributed by atoms with Crippen molar-refractivity contribution in [1.82, 2.24) is 0 Å². The number of aryl methyl sites for hydroxylation is 4. The summed E-state index contributed by atoms with van der Waals surface area (Å²) in [6.45, 7) is 0. The van der Waals surface area contributed by atoms with Gasteiger partial charge < -0.3 is 0 Å². The van der Waals surface area contributed by atoms with Crippen molar-refractivity contribution >= 4 is 32.3 Å². The van der Waals surface area contributed by atoms with Crippen LogP contribution in [0.4, 0.5) is 0 Å². The highest BCUT2D eigenvalue weighted by molar-refractivity contribution is 6.27. The molecule has 2 aliphatic carbocycles. The van der Waals surface area contributed by atoms with E-state index in [1.807, 2.05) is 0 Å². The molecule has 0 N–H and O–H groups in total. The molecule has 6 rings (SSSR count). The van der Waals surface area contributed by atoms with Gasteiger partial charge in [-0.1, -0.05) is 36.4 Å². The van der Waals surface area contributed by atoms with E-state index in [0.29, 0.717) is 0 Å². The first-order chi connectivity index (χ1) is 9.93. The molecule has 0 bridgehead atoms. The molecule has 4 aromatic rings. The van der Waals surface area contributed by atoms with Crippen molar-refractivity contribution in [2.45, 2.75) is 25.7 Å². The fraction of sp³-hybridized carbons (Fsp3) is 0.200.